The number of hydrogen-bond acceptors (Lipinski definition) is 8. The Balaban J connectivity index is 1.35. The zero-order valence-electron chi connectivity index (χ0n) is 23.9. The molecule has 0 aliphatic heterocycles. The topological polar surface area (TPSA) is 138 Å². The van der Waals surface area contributed by atoms with E-state index in [1.165, 1.54) is 23.5 Å². The first kappa shape index (κ1) is 30.2. The highest BCUT2D eigenvalue weighted by atomic mass is 32.2. The van der Waals surface area contributed by atoms with Gasteiger partial charge in [0, 0.05) is 23.0 Å². The zero-order valence-corrected chi connectivity index (χ0v) is 25.5. The molecule has 0 radical (unpaired) electrons. The molecule has 0 spiro atoms. The number of amides is 2. The van der Waals surface area contributed by atoms with Crippen molar-refractivity contribution >= 4 is 68.3 Å². The van der Waals surface area contributed by atoms with Crippen molar-refractivity contribution in [2.75, 3.05) is 10.6 Å². The highest BCUT2D eigenvalue weighted by Crippen LogP contribution is 2.40. The third-order valence-electron chi connectivity index (χ3n) is 6.55. The second kappa shape index (κ2) is 12.9. The Morgan fingerprint density at radius 1 is 0.955 bits per heavy atom. The number of nitro groups is 1. The molecule has 0 aliphatic rings. The zero-order chi connectivity index (χ0) is 31.4. The maximum absolute atomic E-state index is 12.8. The number of anilines is 2. The molecular weight excluding hydrogens is 595 g/mol. The van der Waals surface area contributed by atoms with E-state index in [9.17, 15) is 25.0 Å². The van der Waals surface area contributed by atoms with Gasteiger partial charge in [-0.15, -0.1) is 11.3 Å². The van der Waals surface area contributed by atoms with E-state index >= 15 is 0 Å². The summed E-state index contributed by atoms with van der Waals surface area (Å²) in [6.45, 7) is 5.68. The lowest BCUT2D eigenvalue weighted by atomic mass is 10.1. The van der Waals surface area contributed by atoms with Crippen LogP contribution in [0, 0.1) is 42.2 Å². The molecule has 0 unspecified atom stereocenters. The lowest BCUT2D eigenvalue weighted by Gasteiger charge is -2.07. The van der Waals surface area contributed by atoms with Crippen LogP contribution in [0.3, 0.4) is 0 Å². The summed E-state index contributed by atoms with van der Waals surface area (Å²) in [5, 5.41) is 27.3. The fourth-order valence-electron chi connectivity index (χ4n) is 4.56. The first-order chi connectivity index (χ1) is 21.1. The minimum Gasteiger partial charge on any atom is -0.322 e. The van der Waals surface area contributed by atoms with Gasteiger partial charge in [0.1, 0.15) is 11.6 Å². The fraction of sp³-hybridized carbons (Fsp3) is 0.0909. The predicted molar refractivity (Wildman–Crippen MR) is 174 cm³/mol. The second-order valence-electron chi connectivity index (χ2n) is 10.0. The molecule has 218 valence electrons. The minimum atomic E-state index is -0.609. The number of thiazole rings is 1. The van der Waals surface area contributed by atoms with Gasteiger partial charge in [-0.25, -0.2) is 4.98 Å². The number of rotatable bonds is 8. The summed E-state index contributed by atoms with van der Waals surface area (Å²) in [5.74, 6) is -0.823. The van der Waals surface area contributed by atoms with Gasteiger partial charge < -0.3 is 10.6 Å². The summed E-state index contributed by atoms with van der Waals surface area (Å²) in [7, 11) is 0. The molecule has 44 heavy (non-hydrogen) atoms. The Morgan fingerprint density at radius 2 is 1.70 bits per heavy atom. The number of aromatic nitrogens is 1. The van der Waals surface area contributed by atoms with Crippen molar-refractivity contribution < 1.29 is 14.5 Å². The van der Waals surface area contributed by atoms with Gasteiger partial charge in [0.15, 0.2) is 4.34 Å². The SMILES string of the molecule is Cc1cc(C)cc(NC(=O)/C(C#N)=C/c2ccc(Sc3nc4ccc(NC(=O)c5ccccc5C)cc4s3)c([N+](=O)[O-])c2)c1. The van der Waals surface area contributed by atoms with Gasteiger partial charge in [-0.2, -0.15) is 5.26 Å². The average Bonchev–Trinajstić information content (AvgIpc) is 3.37. The van der Waals surface area contributed by atoms with Crippen molar-refractivity contribution in [1.82, 2.24) is 4.98 Å². The highest BCUT2D eigenvalue weighted by Gasteiger charge is 2.19. The summed E-state index contributed by atoms with van der Waals surface area (Å²) in [4.78, 5) is 42.0. The van der Waals surface area contributed by atoms with Crippen LogP contribution in [0.2, 0.25) is 0 Å². The summed E-state index contributed by atoms with van der Waals surface area (Å²) >= 11 is 2.49. The van der Waals surface area contributed by atoms with E-state index in [1.54, 1.807) is 42.5 Å². The van der Waals surface area contributed by atoms with Crippen molar-refractivity contribution in [2.45, 2.75) is 30.0 Å². The summed E-state index contributed by atoms with van der Waals surface area (Å²) < 4.78 is 1.39. The number of benzene rings is 4. The van der Waals surface area contributed by atoms with Crippen LogP contribution in [0.15, 0.2) is 93.7 Å². The Hall–Kier alpha value is -5.31. The Kier molecular flexibility index (Phi) is 8.85. The van der Waals surface area contributed by atoms with Crippen LogP contribution in [0.1, 0.15) is 32.6 Å². The van der Waals surface area contributed by atoms with Crippen LogP contribution in [-0.4, -0.2) is 21.7 Å². The van der Waals surface area contributed by atoms with Gasteiger partial charge in [-0.05, 0) is 91.6 Å². The fourth-order valence-corrected chi connectivity index (χ4v) is 6.71. The number of nitriles is 1. The molecule has 9 nitrogen and oxygen atoms in total. The number of nitrogens with zero attached hydrogens (tertiary/aromatic N) is 3. The van der Waals surface area contributed by atoms with Gasteiger partial charge in [-0.3, -0.25) is 19.7 Å². The molecule has 4 aromatic carbocycles. The van der Waals surface area contributed by atoms with Gasteiger partial charge in [-0.1, -0.05) is 42.1 Å². The van der Waals surface area contributed by atoms with E-state index in [0.29, 0.717) is 37.3 Å². The van der Waals surface area contributed by atoms with Gasteiger partial charge in [0.05, 0.1) is 20.0 Å². The van der Waals surface area contributed by atoms with Crippen molar-refractivity contribution in [3.8, 4) is 6.07 Å². The molecule has 1 aromatic heterocycles. The number of carbonyl (C=O) groups excluding carboxylic acids is 2. The third kappa shape index (κ3) is 7.00. The van der Waals surface area contributed by atoms with E-state index in [2.05, 4.69) is 15.6 Å². The molecule has 5 aromatic rings. The number of nitrogens with one attached hydrogen (secondary N) is 2. The molecule has 0 aliphatic carbocycles. The minimum absolute atomic E-state index is 0.179. The molecule has 0 saturated carbocycles. The highest BCUT2D eigenvalue weighted by molar-refractivity contribution is 8.01. The first-order valence-corrected chi connectivity index (χ1v) is 15.0. The van der Waals surface area contributed by atoms with Crippen LogP contribution in [0.25, 0.3) is 16.3 Å². The number of hydrogen-bond donors (Lipinski definition) is 2. The largest absolute Gasteiger partial charge is 0.322 e. The molecule has 1 heterocycles. The van der Waals surface area contributed by atoms with E-state index in [4.69, 9.17) is 0 Å². The van der Waals surface area contributed by atoms with Gasteiger partial charge in [0.2, 0.25) is 0 Å². The van der Waals surface area contributed by atoms with E-state index in [-0.39, 0.29) is 17.2 Å². The molecule has 2 amide bonds. The van der Waals surface area contributed by atoms with E-state index in [0.717, 1.165) is 33.2 Å². The summed E-state index contributed by atoms with van der Waals surface area (Å²) in [6.07, 6.45) is 1.32. The van der Waals surface area contributed by atoms with E-state index in [1.807, 2.05) is 57.2 Å². The number of nitro benzene ring substituents is 1. The Labute approximate surface area is 261 Å². The van der Waals surface area contributed by atoms with Crippen molar-refractivity contribution in [1.29, 1.82) is 5.26 Å². The summed E-state index contributed by atoms with van der Waals surface area (Å²) in [6, 6.07) is 24.7. The van der Waals surface area contributed by atoms with Gasteiger partial charge in [0.25, 0.3) is 17.5 Å². The molecule has 0 saturated heterocycles. The average molecular weight is 620 g/mol. The van der Waals surface area contributed by atoms with Crippen molar-refractivity contribution in [3.63, 3.8) is 0 Å². The Bertz CT molecular complexity index is 2010. The normalized spacial score (nSPS) is 11.2. The quantitative estimate of drug-likeness (QED) is 0.0775. The lowest BCUT2D eigenvalue weighted by molar-refractivity contribution is -0.387. The first-order valence-electron chi connectivity index (χ1n) is 13.3. The van der Waals surface area contributed by atoms with Crippen LogP contribution >= 0.6 is 23.1 Å². The molecule has 5 rings (SSSR count). The molecular formula is C33H25N5O4S2. The molecule has 0 atom stereocenters. The number of fused-ring (bicyclic) bond motifs is 1. The maximum Gasteiger partial charge on any atom is 0.283 e. The molecule has 0 fully saturated rings. The number of aryl methyl sites for hydroxylation is 3. The second-order valence-corrected chi connectivity index (χ2v) is 12.3. The smallest absolute Gasteiger partial charge is 0.283 e. The molecule has 11 heteroatoms. The number of carbonyl (C=O) groups is 2. The van der Waals surface area contributed by atoms with Crippen molar-refractivity contribution in [3.05, 3.63) is 122 Å². The molecule has 0 bridgehead atoms. The van der Waals surface area contributed by atoms with Gasteiger partial charge >= 0.3 is 0 Å². The molecule has 2 N–H and O–H groups in total. The maximum atomic E-state index is 12.8. The third-order valence-corrected chi connectivity index (χ3v) is 8.69. The van der Waals surface area contributed by atoms with E-state index < -0.39 is 10.8 Å². The van der Waals surface area contributed by atoms with Crippen LogP contribution in [-0.2, 0) is 4.79 Å². The van der Waals surface area contributed by atoms with Crippen LogP contribution in [0.4, 0.5) is 17.1 Å². The standard InChI is InChI=1S/C33H25N5O4S2/c1-19-12-20(2)14-25(13-19)36-31(39)23(18-34)15-22-8-11-29(28(16-22)38(41)42)43-33-37-27-10-9-24(17-30(27)44-33)35-32(40)26-7-5-4-6-21(26)3/h4-17H,1-3H3,(H,35,40)(H,36,39)/b23-15+. The van der Waals surface area contributed by atoms with Crippen LogP contribution < -0.4 is 10.6 Å². The lowest BCUT2D eigenvalue weighted by Crippen LogP contribution is -2.13. The van der Waals surface area contributed by atoms with Crippen LogP contribution in [0.5, 0.6) is 0 Å². The van der Waals surface area contributed by atoms with Crippen molar-refractivity contribution in [2.24, 2.45) is 0 Å². The Morgan fingerprint density at radius 3 is 2.41 bits per heavy atom. The summed E-state index contributed by atoms with van der Waals surface area (Å²) in [5.41, 5.74) is 5.23. The monoisotopic (exact) mass is 619 g/mol. The predicted octanol–water partition coefficient (Wildman–Crippen LogP) is 8.08.